The molecule has 5 heteroatoms. The fraction of sp³-hybridized carbons (Fsp3) is 0.611. The quantitative estimate of drug-likeness (QED) is 0.834. The molecule has 0 bridgehead atoms. The summed E-state index contributed by atoms with van der Waals surface area (Å²) in [6, 6.07) is 6.03. The molecule has 0 radical (unpaired) electrons. The molecule has 0 N–H and O–H groups in total. The lowest BCUT2D eigenvalue weighted by Gasteiger charge is -2.28. The van der Waals surface area contributed by atoms with Crippen LogP contribution in [0, 0.1) is 0 Å². The number of benzene rings is 1. The molecule has 128 valence electrons. The summed E-state index contributed by atoms with van der Waals surface area (Å²) in [4.78, 5) is 17.0. The summed E-state index contributed by atoms with van der Waals surface area (Å²) in [6.07, 6.45) is 3.75. The van der Waals surface area contributed by atoms with Crippen molar-refractivity contribution in [3.05, 3.63) is 23.8 Å². The summed E-state index contributed by atoms with van der Waals surface area (Å²) < 4.78 is 10.6. The standard InChI is InChI=1S/C18H28N2O3/c1-19(2)15-7-5-6-10-20(13-15)18(21)12-14-11-16(22-3)8-9-17(14)23-4/h8-9,11,15H,5-7,10,12-13H2,1-4H3. The third kappa shape index (κ3) is 4.61. The maximum atomic E-state index is 12.8. The highest BCUT2D eigenvalue weighted by Crippen LogP contribution is 2.25. The third-order valence-electron chi connectivity index (χ3n) is 4.56. The second kappa shape index (κ2) is 8.20. The van der Waals surface area contributed by atoms with E-state index in [2.05, 4.69) is 19.0 Å². The van der Waals surface area contributed by atoms with Crippen LogP contribution < -0.4 is 9.47 Å². The van der Waals surface area contributed by atoms with Crippen LogP contribution in [0.2, 0.25) is 0 Å². The van der Waals surface area contributed by atoms with Gasteiger partial charge in [0.2, 0.25) is 5.91 Å². The molecule has 0 saturated carbocycles. The fourth-order valence-electron chi connectivity index (χ4n) is 3.06. The number of likely N-dealkylation sites (N-methyl/N-ethyl adjacent to an activating group) is 1. The van der Waals surface area contributed by atoms with Gasteiger partial charge in [0.15, 0.2) is 0 Å². The predicted molar refractivity (Wildman–Crippen MR) is 91.2 cm³/mol. The van der Waals surface area contributed by atoms with Gasteiger partial charge in [-0.3, -0.25) is 4.79 Å². The van der Waals surface area contributed by atoms with Crippen LogP contribution in [0.15, 0.2) is 18.2 Å². The van der Waals surface area contributed by atoms with Crippen LogP contribution in [0.25, 0.3) is 0 Å². The second-order valence-electron chi connectivity index (χ2n) is 6.31. The van der Waals surface area contributed by atoms with Gasteiger partial charge in [-0.05, 0) is 45.1 Å². The van der Waals surface area contributed by atoms with E-state index >= 15 is 0 Å². The molecule has 2 rings (SSSR count). The highest BCUT2D eigenvalue weighted by molar-refractivity contribution is 5.79. The minimum absolute atomic E-state index is 0.158. The normalized spacial score (nSPS) is 18.7. The van der Waals surface area contributed by atoms with Crippen molar-refractivity contribution in [1.29, 1.82) is 0 Å². The Morgan fingerprint density at radius 1 is 1.26 bits per heavy atom. The molecule has 0 spiro atoms. The van der Waals surface area contributed by atoms with E-state index < -0.39 is 0 Å². The molecule has 1 aromatic carbocycles. The van der Waals surface area contributed by atoms with Crippen molar-refractivity contribution in [2.45, 2.75) is 31.7 Å². The van der Waals surface area contributed by atoms with Gasteiger partial charge in [0.05, 0.1) is 20.6 Å². The van der Waals surface area contributed by atoms with E-state index in [1.54, 1.807) is 14.2 Å². The van der Waals surface area contributed by atoms with E-state index in [0.29, 0.717) is 12.5 Å². The molecule has 23 heavy (non-hydrogen) atoms. The SMILES string of the molecule is COc1ccc(OC)c(CC(=O)N2CCCCC(N(C)C)C2)c1. The van der Waals surface area contributed by atoms with Crippen LogP contribution >= 0.6 is 0 Å². The zero-order valence-corrected chi connectivity index (χ0v) is 14.7. The monoisotopic (exact) mass is 320 g/mol. The number of rotatable bonds is 5. The molecule has 5 nitrogen and oxygen atoms in total. The molecule has 1 saturated heterocycles. The summed E-state index contributed by atoms with van der Waals surface area (Å²) in [5.74, 6) is 1.64. The van der Waals surface area contributed by atoms with Gasteiger partial charge in [-0.2, -0.15) is 0 Å². The van der Waals surface area contributed by atoms with Gasteiger partial charge in [0.25, 0.3) is 0 Å². The highest BCUT2D eigenvalue weighted by Gasteiger charge is 2.24. The number of ether oxygens (including phenoxy) is 2. The van der Waals surface area contributed by atoms with Crippen molar-refractivity contribution < 1.29 is 14.3 Å². The Balaban J connectivity index is 2.11. The first-order valence-corrected chi connectivity index (χ1v) is 8.20. The third-order valence-corrected chi connectivity index (χ3v) is 4.56. The Kier molecular flexibility index (Phi) is 6.28. The molecule has 0 aliphatic carbocycles. The summed E-state index contributed by atoms with van der Waals surface area (Å²) in [5, 5.41) is 0. The predicted octanol–water partition coefficient (Wildman–Crippen LogP) is 2.19. The maximum Gasteiger partial charge on any atom is 0.227 e. The lowest BCUT2D eigenvalue weighted by molar-refractivity contribution is -0.131. The molecule has 1 heterocycles. The minimum Gasteiger partial charge on any atom is -0.497 e. The molecular weight excluding hydrogens is 292 g/mol. The molecule has 1 fully saturated rings. The number of hydrogen-bond donors (Lipinski definition) is 0. The zero-order chi connectivity index (χ0) is 16.8. The number of carbonyl (C=O) groups excluding carboxylic acids is 1. The molecule has 1 atom stereocenters. The van der Waals surface area contributed by atoms with Crippen molar-refractivity contribution in [3.8, 4) is 11.5 Å². The zero-order valence-electron chi connectivity index (χ0n) is 14.7. The summed E-state index contributed by atoms with van der Waals surface area (Å²) in [7, 11) is 7.43. The van der Waals surface area contributed by atoms with E-state index in [9.17, 15) is 4.79 Å². The molecule has 1 aliphatic rings. The van der Waals surface area contributed by atoms with Crippen LogP contribution in [-0.2, 0) is 11.2 Å². The molecule has 1 aliphatic heterocycles. The van der Waals surface area contributed by atoms with Crippen LogP contribution in [0.4, 0.5) is 0 Å². The first kappa shape index (κ1) is 17.6. The lowest BCUT2D eigenvalue weighted by Crippen LogP contribution is -2.42. The van der Waals surface area contributed by atoms with Crippen molar-refractivity contribution in [3.63, 3.8) is 0 Å². The van der Waals surface area contributed by atoms with E-state index in [0.717, 1.165) is 43.0 Å². The van der Waals surface area contributed by atoms with Crippen LogP contribution in [0.5, 0.6) is 11.5 Å². The van der Waals surface area contributed by atoms with Gasteiger partial charge < -0.3 is 19.3 Å². The van der Waals surface area contributed by atoms with Crippen molar-refractivity contribution in [2.24, 2.45) is 0 Å². The largest absolute Gasteiger partial charge is 0.497 e. The first-order valence-electron chi connectivity index (χ1n) is 8.20. The average molecular weight is 320 g/mol. The van der Waals surface area contributed by atoms with Crippen molar-refractivity contribution >= 4 is 5.91 Å². The number of hydrogen-bond acceptors (Lipinski definition) is 4. The van der Waals surface area contributed by atoms with Gasteiger partial charge in [-0.25, -0.2) is 0 Å². The molecular formula is C18H28N2O3. The first-order chi connectivity index (χ1) is 11.0. The topological polar surface area (TPSA) is 42.0 Å². The van der Waals surface area contributed by atoms with Crippen LogP contribution in [0.3, 0.4) is 0 Å². The molecule has 1 amide bonds. The van der Waals surface area contributed by atoms with Crippen molar-refractivity contribution in [1.82, 2.24) is 9.80 Å². The van der Waals surface area contributed by atoms with E-state index in [4.69, 9.17) is 9.47 Å². The van der Waals surface area contributed by atoms with Gasteiger partial charge in [-0.1, -0.05) is 6.42 Å². The number of amides is 1. The Bertz CT molecular complexity index is 531. The lowest BCUT2D eigenvalue weighted by atomic mass is 10.1. The fourth-order valence-corrected chi connectivity index (χ4v) is 3.06. The van der Waals surface area contributed by atoms with E-state index in [-0.39, 0.29) is 5.91 Å². The van der Waals surface area contributed by atoms with Crippen LogP contribution in [0.1, 0.15) is 24.8 Å². The summed E-state index contributed by atoms with van der Waals surface area (Å²) in [5.41, 5.74) is 0.877. The smallest absolute Gasteiger partial charge is 0.227 e. The van der Waals surface area contributed by atoms with Crippen LogP contribution in [-0.4, -0.2) is 63.2 Å². The van der Waals surface area contributed by atoms with Gasteiger partial charge in [0.1, 0.15) is 11.5 Å². The Labute approximate surface area is 139 Å². The number of carbonyl (C=O) groups is 1. The van der Waals surface area contributed by atoms with Gasteiger partial charge >= 0.3 is 0 Å². The number of nitrogens with zero attached hydrogens (tertiary/aromatic N) is 2. The van der Waals surface area contributed by atoms with Gasteiger partial charge in [0, 0.05) is 24.7 Å². The van der Waals surface area contributed by atoms with E-state index in [1.165, 1.54) is 6.42 Å². The number of likely N-dealkylation sites (tertiary alicyclic amines) is 1. The maximum absolute atomic E-state index is 12.8. The Morgan fingerprint density at radius 2 is 2.04 bits per heavy atom. The molecule has 1 unspecified atom stereocenters. The molecule has 1 aromatic rings. The highest BCUT2D eigenvalue weighted by atomic mass is 16.5. The van der Waals surface area contributed by atoms with Crippen molar-refractivity contribution in [2.75, 3.05) is 41.4 Å². The molecule has 0 aromatic heterocycles. The second-order valence-corrected chi connectivity index (χ2v) is 6.31. The Morgan fingerprint density at radius 3 is 2.70 bits per heavy atom. The minimum atomic E-state index is 0.158. The van der Waals surface area contributed by atoms with E-state index in [1.807, 2.05) is 23.1 Å². The Hall–Kier alpha value is -1.75. The summed E-state index contributed by atoms with van der Waals surface area (Å²) >= 11 is 0. The summed E-state index contributed by atoms with van der Waals surface area (Å²) in [6.45, 7) is 1.65. The average Bonchev–Trinajstić information content (AvgIpc) is 2.81. The number of methoxy groups -OCH3 is 2. The van der Waals surface area contributed by atoms with Gasteiger partial charge in [-0.15, -0.1) is 0 Å².